The van der Waals surface area contributed by atoms with E-state index in [2.05, 4.69) is 4.74 Å². The summed E-state index contributed by atoms with van der Waals surface area (Å²) in [5.74, 6) is -1.65. The lowest BCUT2D eigenvalue weighted by molar-refractivity contribution is -0.144. The van der Waals surface area contributed by atoms with Crippen molar-refractivity contribution >= 4 is 27.6 Å². The van der Waals surface area contributed by atoms with Gasteiger partial charge in [0.05, 0.1) is 12.1 Å². The molecule has 1 aliphatic heterocycles. The minimum Gasteiger partial charge on any atom is -0.468 e. The molecule has 0 bridgehead atoms. The monoisotopic (exact) mass is 321 g/mol. The molecule has 1 unspecified atom stereocenters. The Morgan fingerprint density at radius 1 is 1.50 bits per heavy atom. The van der Waals surface area contributed by atoms with Crippen molar-refractivity contribution in [3.63, 3.8) is 0 Å². The van der Waals surface area contributed by atoms with Gasteiger partial charge in [-0.3, -0.25) is 4.79 Å². The van der Waals surface area contributed by atoms with Crippen molar-refractivity contribution in [1.82, 2.24) is 4.31 Å². The number of nitrogens with zero attached hydrogens (tertiary/aromatic N) is 1. The number of esters is 1. The molecule has 20 heavy (non-hydrogen) atoms. The molecule has 0 N–H and O–H groups in total. The number of hydrogen-bond acceptors (Lipinski definition) is 4. The van der Waals surface area contributed by atoms with Crippen molar-refractivity contribution in [2.45, 2.75) is 23.8 Å². The summed E-state index contributed by atoms with van der Waals surface area (Å²) < 4.78 is 44.4. The maximum Gasteiger partial charge on any atom is 0.324 e. The average molecular weight is 322 g/mol. The maximum atomic E-state index is 13.9. The van der Waals surface area contributed by atoms with Gasteiger partial charge in [-0.2, -0.15) is 4.31 Å². The van der Waals surface area contributed by atoms with Gasteiger partial charge in [0.25, 0.3) is 0 Å². The summed E-state index contributed by atoms with van der Waals surface area (Å²) in [5, 5.41) is -0.278. The van der Waals surface area contributed by atoms with Crippen LogP contribution in [0.3, 0.4) is 0 Å². The summed E-state index contributed by atoms with van der Waals surface area (Å²) >= 11 is 5.60. The molecular formula is C12H13ClFNO4S. The van der Waals surface area contributed by atoms with E-state index in [1.54, 1.807) is 0 Å². The zero-order valence-electron chi connectivity index (χ0n) is 10.7. The molecule has 1 aromatic carbocycles. The van der Waals surface area contributed by atoms with Crippen LogP contribution in [0.4, 0.5) is 4.39 Å². The number of hydrogen-bond donors (Lipinski definition) is 0. The van der Waals surface area contributed by atoms with E-state index in [1.807, 2.05) is 0 Å². The highest BCUT2D eigenvalue weighted by Crippen LogP contribution is 2.30. The Hall–Kier alpha value is -1.18. The number of rotatable bonds is 3. The van der Waals surface area contributed by atoms with Gasteiger partial charge in [-0.1, -0.05) is 17.7 Å². The number of benzene rings is 1. The molecule has 1 aromatic rings. The van der Waals surface area contributed by atoms with Gasteiger partial charge in [0.1, 0.15) is 10.9 Å². The fraction of sp³-hybridized carbons (Fsp3) is 0.417. The minimum absolute atomic E-state index is 0.147. The smallest absolute Gasteiger partial charge is 0.324 e. The van der Waals surface area contributed by atoms with Gasteiger partial charge in [0.15, 0.2) is 5.82 Å². The Labute approximate surface area is 121 Å². The Morgan fingerprint density at radius 3 is 2.85 bits per heavy atom. The number of carbonyl (C=O) groups is 1. The molecule has 1 saturated heterocycles. The van der Waals surface area contributed by atoms with Crippen LogP contribution in [-0.4, -0.2) is 38.4 Å². The molecule has 1 fully saturated rings. The molecular weight excluding hydrogens is 309 g/mol. The van der Waals surface area contributed by atoms with Crippen LogP contribution in [0.2, 0.25) is 5.02 Å². The molecule has 110 valence electrons. The molecule has 5 nitrogen and oxygen atoms in total. The molecule has 2 rings (SSSR count). The highest BCUT2D eigenvalue weighted by atomic mass is 35.5. The van der Waals surface area contributed by atoms with Crippen LogP contribution < -0.4 is 0 Å². The highest BCUT2D eigenvalue weighted by molar-refractivity contribution is 7.89. The predicted molar refractivity (Wildman–Crippen MR) is 70.3 cm³/mol. The number of carbonyl (C=O) groups excluding carboxylic acids is 1. The Kier molecular flexibility index (Phi) is 4.31. The molecule has 1 aliphatic rings. The molecule has 0 amide bonds. The van der Waals surface area contributed by atoms with Crippen molar-refractivity contribution in [2.75, 3.05) is 13.7 Å². The van der Waals surface area contributed by atoms with E-state index >= 15 is 0 Å². The summed E-state index contributed by atoms with van der Waals surface area (Å²) in [6, 6.07) is 2.82. The van der Waals surface area contributed by atoms with E-state index in [9.17, 15) is 17.6 Å². The topological polar surface area (TPSA) is 63.7 Å². The van der Waals surface area contributed by atoms with Crippen LogP contribution >= 0.6 is 11.6 Å². The largest absolute Gasteiger partial charge is 0.468 e. The fourth-order valence-electron chi connectivity index (χ4n) is 2.21. The van der Waals surface area contributed by atoms with Crippen LogP contribution in [0.5, 0.6) is 0 Å². The van der Waals surface area contributed by atoms with Gasteiger partial charge < -0.3 is 4.74 Å². The molecule has 1 atom stereocenters. The summed E-state index contributed by atoms with van der Waals surface area (Å²) in [6.45, 7) is 0.147. The lowest BCUT2D eigenvalue weighted by Crippen LogP contribution is -2.41. The fourth-order valence-corrected chi connectivity index (χ4v) is 4.18. The molecule has 0 saturated carbocycles. The third kappa shape index (κ3) is 2.53. The second-order valence-electron chi connectivity index (χ2n) is 4.35. The minimum atomic E-state index is -4.12. The molecule has 0 aliphatic carbocycles. The van der Waals surface area contributed by atoms with E-state index in [-0.39, 0.29) is 11.6 Å². The second kappa shape index (κ2) is 5.67. The highest BCUT2D eigenvalue weighted by Gasteiger charge is 2.41. The molecule has 0 spiro atoms. The van der Waals surface area contributed by atoms with Gasteiger partial charge in [-0.15, -0.1) is 0 Å². The molecule has 8 heteroatoms. The SMILES string of the molecule is COC(=O)C1CCCN1S(=O)(=O)c1cccc(Cl)c1F. The van der Waals surface area contributed by atoms with E-state index in [0.29, 0.717) is 12.8 Å². The van der Waals surface area contributed by atoms with Gasteiger partial charge in [-0.25, -0.2) is 12.8 Å². The third-order valence-corrected chi connectivity index (χ3v) is 5.40. The number of methoxy groups -OCH3 is 1. The van der Waals surface area contributed by atoms with Crippen LogP contribution in [0.15, 0.2) is 23.1 Å². The van der Waals surface area contributed by atoms with E-state index < -0.39 is 32.7 Å². The predicted octanol–water partition coefficient (Wildman–Crippen LogP) is 1.81. The molecule has 1 heterocycles. The Bertz CT molecular complexity index is 634. The van der Waals surface area contributed by atoms with Crippen molar-refractivity contribution in [2.24, 2.45) is 0 Å². The molecule has 0 radical (unpaired) electrons. The van der Waals surface area contributed by atoms with Gasteiger partial charge in [-0.05, 0) is 25.0 Å². The molecule has 0 aromatic heterocycles. The number of sulfonamides is 1. The lowest BCUT2D eigenvalue weighted by atomic mass is 10.2. The second-order valence-corrected chi connectivity index (χ2v) is 6.62. The normalized spacial score (nSPS) is 20.1. The van der Waals surface area contributed by atoms with Gasteiger partial charge in [0, 0.05) is 6.54 Å². The van der Waals surface area contributed by atoms with Crippen LogP contribution in [0, 0.1) is 5.82 Å². The number of halogens is 2. The Balaban J connectivity index is 2.44. The first-order chi connectivity index (χ1) is 9.39. The average Bonchev–Trinajstić information content (AvgIpc) is 2.90. The van der Waals surface area contributed by atoms with Crippen molar-refractivity contribution in [1.29, 1.82) is 0 Å². The first-order valence-electron chi connectivity index (χ1n) is 5.93. The summed E-state index contributed by atoms with van der Waals surface area (Å²) in [5.41, 5.74) is 0. The van der Waals surface area contributed by atoms with Crippen molar-refractivity contribution < 1.29 is 22.3 Å². The first kappa shape index (κ1) is 15.2. The van der Waals surface area contributed by atoms with Crippen molar-refractivity contribution in [3.05, 3.63) is 29.0 Å². The number of ether oxygens (including phenoxy) is 1. The van der Waals surface area contributed by atoms with Crippen LogP contribution in [0.25, 0.3) is 0 Å². The lowest BCUT2D eigenvalue weighted by Gasteiger charge is -2.22. The van der Waals surface area contributed by atoms with Crippen LogP contribution in [-0.2, 0) is 19.6 Å². The van der Waals surface area contributed by atoms with Gasteiger partial charge in [0.2, 0.25) is 10.0 Å². The standard InChI is InChI=1S/C12H13ClFNO4S/c1-19-12(16)9-5-3-7-15(9)20(17,18)10-6-2-4-8(13)11(10)14/h2,4,6,9H,3,5,7H2,1H3. The maximum absolute atomic E-state index is 13.9. The summed E-state index contributed by atoms with van der Waals surface area (Å²) in [4.78, 5) is 11.1. The zero-order chi connectivity index (χ0) is 14.9. The van der Waals surface area contributed by atoms with E-state index in [1.165, 1.54) is 19.2 Å². The summed E-state index contributed by atoms with van der Waals surface area (Å²) in [6.07, 6.45) is 0.870. The quantitative estimate of drug-likeness (QED) is 0.796. The summed E-state index contributed by atoms with van der Waals surface area (Å²) in [7, 11) is -2.94. The Morgan fingerprint density at radius 2 is 2.20 bits per heavy atom. The van der Waals surface area contributed by atoms with E-state index in [0.717, 1.165) is 10.4 Å². The van der Waals surface area contributed by atoms with Crippen LogP contribution in [0.1, 0.15) is 12.8 Å². The van der Waals surface area contributed by atoms with Crippen molar-refractivity contribution in [3.8, 4) is 0 Å². The third-order valence-electron chi connectivity index (χ3n) is 3.18. The first-order valence-corrected chi connectivity index (χ1v) is 7.75. The van der Waals surface area contributed by atoms with E-state index in [4.69, 9.17) is 11.6 Å². The zero-order valence-corrected chi connectivity index (χ0v) is 12.2. The van der Waals surface area contributed by atoms with Gasteiger partial charge >= 0.3 is 5.97 Å².